The fourth-order valence-corrected chi connectivity index (χ4v) is 1.51. The molecule has 0 aliphatic heterocycles. The van der Waals surface area contributed by atoms with E-state index in [1.54, 1.807) is 13.8 Å². The molecule has 98 valence electrons. The number of amides is 1. The minimum absolute atomic E-state index is 0.348. The van der Waals surface area contributed by atoms with Gasteiger partial charge in [0.25, 0.3) is 5.91 Å². The molecular formula is C13H16FNO3. The summed E-state index contributed by atoms with van der Waals surface area (Å²) in [5, 5.41) is 11.4. The van der Waals surface area contributed by atoms with Crippen molar-refractivity contribution in [1.29, 1.82) is 0 Å². The molecule has 0 aromatic heterocycles. The van der Waals surface area contributed by atoms with Crippen LogP contribution in [0.1, 0.15) is 29.8 Å². The van der Waals surface area contributed by atoms with Gasteiger partial charge in [-0.3, -0.25) is 9.59 Å². The molecule has 1 amide bonds. The molecule has 0 bridgehead atoms. The highest BCUT2D eigenvalue weighted by Gasteiger charge is 2.22. The van der Waals surface area contributed by atoms with Gasteiger partial charge in [-0.15, -0.1) is 0 Å². The molecule has 0 saturated heterocycles. The van der Waals surface area contributed by atoms with Crippen LogP contribution in [0.5, 0.6) is 0 Å². The highest BCUT2D eigenvalue weighted by atomic mass is 19.1. The van der Waals surface area contributed by atoms with Crippen molar-refractivity contribution in [2.45, 2.75) is 26.8 Å². The third kappa shape index (κ3) is 3.29. The molecule has 2 N–H and O–H groups in total. The van der Waals surface area contributed by atoms with Crippen LogP contribution in [-0.2, 0) is 4.79 Å². The fraction of sp³-hybridized carbons (Fsp3) is 0.385. The molecule has 4 nitrogen and oxygen atoms in total. The molecule has 0 aliphatic carbocycles. The molecule has 0 fully saturated rings. The lowest BCUT2D eigenvalue weighted by Crippen LogP contribution is -2.40. The summed E-state index contributed by atoms with van der Waals surface area (Å²) in [6.45, 7) is 4.77. The molecule has 0 aliphatic rings. The van der Waals surface area contributed by atoms with Gasteiger partial charge in [-0.2, -0.15) is 0 Å². The Kier molecular flexibility index (Phi) is 4.42. The Hall–Kier alpha value is -1.91. The van der Waals surface area contributed by atoms with Gasteiger partial charge in [-0.05, 0) is 44.5 Å². The second kappa shape index (κ2) is 5.62. The lowest BCUT2D eigenvalue weighted by Gasteiger charge is -2.18. The lowest BCUT2D eigenvalue weighted by atomic mass is 10.0. The maximum atomic E-state index is 12.9. The van der Waals surface area contributed by atoms with Crippen LogP contribution in [0.3, 0.4) is 0 Å². The number of carbonyl (C=O) groups excluding carboxylic acids is 1. The van der Waals surface area contributed by atoms with Gasteiger partial charge in [-0.1, -0.05) is 0 Å². The smallest absolute Gasteiger partial charge is 0.308 e. The molecule has 0 radical (unpaired) electrons. The van der Waals surface area contributed by atoms with Gasteiger partial charge >= 0.3 is 5.97 Å². The number of hydrogen-bond acceptors (Lipinski definition) is 2. The van der Waals surface area contributed by atoms with Crippen molar-refractivity contribution < 1.29 is 19.1 Å². The molecule has 1 rings (SSSR count). The number of rotatable bonds is 4. The molecule has 5 heteroatoms. The number of carboxylic acids is 1. The Morgan fingerprint density at radius 3 is 2.44 bits per heavy atom. The van der Waals surface area contributed by atoms with Gasteiger partial charge in [0.15, 0.2) is 0 Å². The molecule has 2 unspecified atom stereocenters. The predicted molar refractivity (Wildman–Crippen MR) is 64.9 cm³/mol. The average Bonchev–Trinajstić information content (AvgIpc) is 2.27. The Morgan fingerprint density at radius 1 is 1.33 bits per heavy atom. The van der Waals surface area contributed by atoms with Crippen molar-refractivity contribution in [2.24, 2.45) is 5.92 Å². The van der Waals surface area contributed by atoms with E-state index >= 15 is 0 Å². The van der Waals surface area contributed by atoms with Crippen LogP contribution in [0.25, 0.3) is 0 Å². The largest absolute Gasteiger partial charge is 0.481 e. The van der Waals surface area contributed by atoms with E-state index in [0.29, 0.717) is 11.1 Å². The summed E-state index contributed by atoms with van der Waals surface area (Å²) < 4.78 is 12.9. The zero-order valence-electron chi connectivity index (χ0n) is 10.5. The van der Waals surface area contributed by atoms with Crippen LogP contribution in [0, 0.1) is 18.7 Å². The fourth-order valence-electron chi connectivity index (χ4n) is 1.51. The minimum atomic E-state index is -0.973. The second-order valence-electron chi connectivity index (χ2n) is 4.35. The topological polar surface area (TPSA) is 66.4 Å². The Morgan fingerprint density at radius 2 is 1.94 bits per heavy atom. The molecule has 18 heavy (non-hydrogen) atoms. The lowest BCUT2D eigenvalue weighted by molar-refractivity contribution is -0.141. The zero-order chi connectivity index (χ0) is 13.9. The third-order valence-electron chi connectivity index (χ3n) is 2.93. The van der Waals surface area contributed by atoms with E-state index in [0.717, 1.165) is 0 Å². The van der Waals surface area contributed by atoms with Crippen LogP contribution in [-0.4, -0.2) is 23.0 Å². The Bertz CT molecular complexity index is 473. The van der Waals surface area contributed by atoms with Gasteiger partial charge in [0.05, 0.1) is 5.92 Å². The first-order valence-corrected chi connectivity index (χ1v) is 5.62. The standard InChI is InChI=1S/C13H16FNO3/c1-7-6-10(14)4-5-11(7)12(16)15-9(3)8(2)13(17)18/h4-6,8-9H,1-3H3,(H,15,16)(H,17,18). The molecule has 0 heterocycles. The molecular weight excluding hydrogens is 237 g/mol. The summed E-state index contributed by atoms with van der Waals surface area (Å²) in [4.78, 5) is 22.7. The number of aryl methyl sites for hydroxylation is 1. The van der Waals surface area contributed by atoms with Crippen LogP contribution < -0.4 is 5.32 Å². The van der Waals surface area contributed by atoms with Crippen molar-refractivity contribution in [3.8, 4) is 0 Å². The number of aliphatic carboxylic acids is 1. The number of benzene rings is 1. The maximum absolute atomic E-state index is 12.9. The zero-order valence-corrected chi connectivity index (χ0v) is 10.5. The van der Waals surface area contributed by atoms with Crippen LogP contribution in [0.2, 0.25) is 0 Å². The average molecular weight is 253 g/mol. The first-order chi connectivity index (χ1) is 8.32. The van der Waals surface area contributed by atoms with E-state index < -0.39 is 29.7 Å². The first kappa shape index (κ1) is 14.2. The Balaban J connectivity index is 2.79. The first-order valence-electron chi connectivity index (χ1n) is 5.62. The highest BCUT2D eigenvalue weighted by Crippen LogP contribution is 2.11. The van der Waals surface area contributed by atoms with Gasteiger partial charge < -0.3 is 10.4 Å². The molecule has 0 spiro atoms. The quantitative estimate of drug-likeness (QED) is 0.862. The normalized spacial score (nSPS) is 13.8. The summed E-state index contributed by atoms with van der Waals surface area (Å²) in [5.74, 6) is -2.46. The van der Waals surface area contributed by atoms with E-state index in [1.807, 2.05) is 0 Å². The van der Waals surface area contributed by atoms with Crippen molar-refractivity contribution in [2.75, 3.05) is 0 Å². The number of nitrogens with one attached hydrogen (secondary N) is 1. The van der Waals surface area contributed by atoms with Gasteiger partial charge in [0.2, 0.25) is 0 Å². The molecule has 1 aromatic carbocycles. The predicted octanol–water partition coefficient (Wildman–Crippen LogP) is 1.97. The summed E-state index contributed by atoms with van der Waals surface area (Å²) >= 11 is 0. The number of hydrogen-bond donors (Lipinski definition) is 2. The van der Waals surface area contributed by atoms with E-state index in [2.05, 4.69) is 5.32 Å². The van der Waals surface area contributed by atoms with Gasteiger partial charge in [-0.25, -0.2) is 4.39 Å². The highest BCUT2D eigenvalue weighted by molar-refractivity contribution is 5.96. The van der Waals surface area contributed by atoms with E-state index in [1.165, 1.54) is 25.1 Å². The summed E-state index contributed by atoms with van der Waals surface area (Å²) in [6.07, 6.45) is 0. The maximum Gasteiger partial charge on any atom is 0.308 e. The number of halogens is 1. The number of carbonyl (C=O) groups is 2. The van der Waals surface area contributed by atoms with Gasteiger partial charge in [0.1, 0.15) is 5.82 Å². The summed E-state index contributed by atoms with van der Waals surface area (Å²) in [6, 6.07) is 3.35. The summed E-state index contributed by atoms with van der Waals surface area (Å²) in [5.41, 5.74) is 0.864. The second-order valence-corrected chi connectivity index (χ2v) is 4.35. The van der Waals surface area contributed by atoms with Crippen LogP contribution >= 0.6 is 0 Å². The van der Waals surface area contributed by atoms with Crippen molar-refractivity contribution in [3.05, 3.63) is 35.1 Å². The molecule has 1 aromatic rings. The Labute approximate surface area is 105 Å². The van der Waals surface area contributed by atoms with E-state index in [4.69, 9.17) is 5.11 Å². The monoisotopic (exact) mass is 253 g/mol. The third-order valence-corrected chi connectivity index (χ3v) is 2.93. The molecule has 2 atom stereocenters. The SMILES string of the molecule is Cc1cc(F)ccc1C(=O)NC(C)C(C)C(=O)O. The minimum Gasteiger partial charge on any atom is -0.481 e. The van der Waals surface area contributed by atoms with E-state index in [-0.39, 0.29) is 0 Å². The van der Waals surface area contributed by atoms with Gasteiger partial charge in [0, 0.05) is 11.6 Å². The van der Waals surface area contributed by atoms with Crippen molar-refractivity contribution in [3.63, 3.8) is 0 Å². The molecule has 0 saturated carbocycles. The number of carboxylic acid groups (broad SMARTS) is 1. The van der Waals surface area contributed by atoms with E-state index in [9.17, 15) is 14.0 Å². The van der Waals surface area contributed by atoms with Crippen molar-refractivity contribution in [1.82, 2.24) is 5.32 Å². The van der Waals surface area contributed by atoms with Crippen LogP contribution in [0.4, 0.5) is 4.39 Å². The van der Waals surface area contributed by atoms with Crippen LogP contribution in [0.15, 0.2) is 18.2 Å². The summed E-state index contributed by atoms with van der Waals surface area (Å²) in [7, 11) is 0. The van der Waals surface area contributed by atoms with Crippen molar-refractivity contribution >= 4 is 11.9 Å².